The number of benzene rings is 1. The molecule has 0 heterocycles. The van der Waals surface area contributed by atoms with Gasteiger partial charge >= 0.3 is 5.97 Å². The van der Waals surface area contributed by atoms with Crippen LogP contribution in [0.3, 0.4) is 0 Å². The van der Waals surface area contributed by atoms with Crippen molar-refractivity contribution in [1.29, 1.82) is 0 Å². The second-order valence-electron chi connectivity index (χ2n) is 4.95. The molecule has 0 radical (unpaired) electrons. The van der Waals surface area contributed by atoms with E-state index in [1.165, 1.54) is 12.1 Å². The Kier molecular flexibility index (Phi) is 3.88. The summed E-state index contributed by atoms with van der Waals surface area (Å²) >= 11 is 0. The van der Waals surface area contributed by atoms with Crippen LogP contribution in [0.2, 0.25) is 0 Å². The first kappa shape index (κ1) is 13.6. The molecule has 1 N–H and O–H groups in total. The molecule has 0 aliphatic rings. The first-order chi connectivity index (χ1) is 7.76. The van der Waals surface area contributed by atoms with Crippen LogP contribution in [-0.2, 0) is 4.79 Å². The molecule has 0 aliphatic carbocycles. The van der Waals surface area contributed by atoms with Gasteiger partial charge in [0.1, 0.15) is 5.82 Å². The lowest BCUT2D eigenvalue weighted by atomic mass is 9.80. The quantitative estimate of drug-likeness (QED) is 0.877. The van der Waals surface area contributed by atoms with E-state index in [4.69, 9.17) is 0 Å². The van der Waals surface area contributed by atoms with Gasteiger partial charge in [-0.2, -0.15) is 0 Å². The summed E-state index contributed by atoms with van der Waals surface area (Å²) in [6.45, 7) is 3.29. The standard InChI is InChI=1S/C13H18FNO2/c1-13(2,12(16)17)11(15(3)4)9-6-5-7-10(14)8-9/h5-8,11H,1-4H3,(H,16,17). The highest BCUT2D eigenvalue weighted by molar-refractivity contribution is 5.75. The monoisotopic (exact) mass is 239 g/mol. The van der Waals surface area contributed by atoms with Crippen molar-refractivity contribution in [2.24, 2.45) is 5.41 Å². The molecule has 0 aromatic heterocycles. The average molecular weight is 239 g/mol. The van der Waals surface area contributed by atoms with Gasteiger partial charge < -0.3 is 10.0 Å². The fraction of sp³-hybridized carbons (Fsp3) is 0.462. The van der Waals surface area contributed by atoms with E-state index in [1.807, 2.05) is 0 Å². The third kappa shape index (κ3) is 2.82. The maximum absolute atomic E-state index is 13.2. The van der Waals surface area contributed by atoms with Gasteiger partial charge in [0.2, 0.25) is 0 Å². The lowest BCUT2D eigenvalue weighted by Gasteiger charge is -2.35. The SMILES string of the molecule is CN(C)C(c1cccc(F)c1)C(C)(C)C(=O)O. The number of rotatable bonds is 4. The minimum Gasteiger partial charge on any atom is -0.481 e. The summed E-state index contributed by atoms with van der Waals surface area (Å²) in [6, 6.07) is 5.70. The van der Waals surface area contributed by atoms with Crippen LogP contribution in [0.15, 0.2) is 24.3 Å². The van der Waals surface area contributed by atoms with Gasteiger partial charge in [0.05, 0.1) is 5.41 Å². The summed E-state index contributed by atoms with van der Waals surface area (Å²) in [5.74, 6) is -1.25. The highest BCUT2D eigenvalue weighted by Crippen LogP contribution is 2.37. The number of nitrogens with zero attached hydrogens (tertiary/aromatic N) is 1. The highest BCUT2D eigenvalue weighted by atomic mass is 19.1. The Morgan fingerprint density at radius 3 is 2.41 bits per heavy atom. The van der Waals surface area contributed by atoms with Crippen molar-refractivity contribution >= 4 is 5.97 Å². The lowest BCUT2D eigenvalue weighted by molar-refractivity contribution is -0.150. The Hall–Kier alpha value is -1.42. The Morgan fingerprint density at radius 1 is 1.41 bits per heavy atom. The summed E-state index contributed by atoms with van der Waals surface area (Å²) in [4.78, 5) is 13.1. The molecule has 0 spiro atoms. The number of halogens is 1. The predicted octanol–water partition coefficient (Wildman–Crippen LogP) is 2.54. The van der Waals surface area contributed by atoms with E-state index >= 15 is 0 Å². The van der Waals surface area contributed by atoms with E-state index in [9.17, 15) is 14.3 Å². The van der Waals surface area contributed by atoms with Gasteiger partial charge in [-0.05, 0) is 45.6 Å². The average Bonchev–Trinajstić information content (AvgIpc) is 2.16. The molecule has 94 valence electrons. The van der Waals surface area contributed by atoms with Crippen molar-refractivity contribution in [2.75, 3.05) is 14.1 Å². The van der Waals surface area contributed by atoms with Gasteiger partial charge in [0, 0.05) is 6.04 Å². The molecule has 17 heavy (non-hydrogen) atoms. The highest BCUT2D eigenvalue weighted by Gasteiger charge is 2.39. The summed E-state index contributed by atoms with van der Waals surface area (Å²) in [6.07, 6.45) is 0. The van der Waals surface area contributed by atoms with Crippen LogP contribution in [0, 0.1) is 11.2 Å². The van der Waals surface area contributed by atoms with Gasteiger partial charge in [-0.15, -0.1) is 0 Å². The fourth-order valence-corrected chi connectivity index (χ4v) is 2.15. The molecule has 1 aromatic rings. The van der Waals surface area contributed by atoms with Gasteiger partial charge in [-0.25, -0.2) is 4.39 Å². The predicted molar refractivity (Wildman–Crippen MR) is 64.2 cm³/mol. The lowest BCUT2D eigenvalue weighted by Crippen LogP contribution is -2.39. The smallest absolute Gasteiger partial charge is 0.311 e. The third-order valence-electron chi connectivity index (χ3n) is 2.92. The molecule has 0 aliphatic heterocycles. The molecule has 0 amide bonds. The number of aliphatic carboxylic acids is 1. The number of carboxylic acid groups (broad SMARTS) is 1. The number of hydrogen-bond donors (Lipinski definition) is 1. The zero-order valence-corrected chi connectivity index (χ0v) is 10.6. The molecule has 1 atom stereocenters. The van der Waals surface area contributed by atoms with Gasteiger partial charge in [0.15, 0.2) is 0 Å². The Labute approximate surface area is 101 Å². The Bertz CT molecular complexity index is 416. The normalized spacial score (nSPS) is 13.8. The molecule has 0 bridgehead atoms. The minimum atomic E-state index is -0.989. The van der Waals surface area contributed by atoms with Crippen molar-refractivity contribution in [1.82, 2.24) is 4.90 Å². The summed E-state index contributed by atoms with van der Waals surface area (Å²) in [5, 5.41) is 9.27. The van der Waals surface area contributed by atoms with Crippen LogP contribution in [-0.4, -0.2) is 30.1 Å². The molecule has 0 fully saturated rings. The Morgan fingerprint density at radius 2 is 2.00 bits per heavy atom. The van der Waals surface area contributed by atoms with Crippen molar-refractivity contribution in [3.8, 4) is 0 Å². The van der Waals surface area contributed by atoms with Gasteiger partial charge in [-0.3, -0.25) is 4.79 Å². The van der Waals surface area contributed by atoms with E-state index in [2.05, 4.69) is 0 Å². The summed E-state index contributed by atoms with van der Waals surface area (Å²) in [7, 11) is 3.58. The minimum absolute atomic E-state index is 0.351. The molecule has 4 heteroatoms. The first-order valence-electron chi connectivity index (χ1n) is 5.42. The maximum Gasteiger partial charge on any atom is 0.311 e. The first-order valence-corrected chi connectivity index (χ1v) is 5.42. The van der Waals surface area contributed by atoms with Crippen LogP contribution in [0.5, 0.6) is 0 Å². The largest absolute Gasteiger partial charge is 0.481 e. The van der Waals surface area contributed by atoms with Crippen LogP contribution in [0.1, 0.15) is 25.5 Å². The summed E-state index contributed by atoms with van der Waals surface area (Å²) < 4.78 is 13.2. The van der Waals surface area contributed by atoms with E-state index < -0.39 is 11.4 Å². The number of hydrogen-bond acceptors (Lipinski definition) is 2. The molecular formula is C13H18FNO2. The zero-order chi connectivity index (χ0) is 13.2. The van der Waals surface area contributed by atoms with Crippen molar-refractivity contribution < 1.29 is 14.3 Å². The molecule has 3 nitrogen and oxygen atoms in total. The zero-order valence-electron chi connectivity index (χ0n) is 10.6. The third-order valence-corrected chi connectivity index (χ3v) is 2.92. The summed E-state index contributed by atoms with van der Waals surface area (Å²) in [5.41, 5.74) is -0.320. The van der Waals surface area contributed by atoms with Crippen LogP contribution < -0.4 is 0 Å². The second-order valence-corrected chi connectivity index (χ2v) is 4.95. The molecular weight excluding hydrogens is 221 g/mol. The van der Waals surface area contributed by atoms with E-state index in [0.717, 1.165) is 0 Å². The van der Waals surface area contributed by atoms with E-state index in [-0.39, 0.29) is 11.9 Å². The molecule has 1 rings (SSSR count). The maximum atomic E-state index is 13.2. The van der Waals surface area contributed by atoms with Crippen molar-refractivity contribution in [3.63, 3.8) is 0 Å². The van der Waals surface area contributed by atoms with E-state index in [0.29, 0.717) is 5.56 Å². The fourth-order valence-electron chi connectivity index (χ4n) is 2.15. The van der Waals surface area contributed by atoms with Crippen LogP contribution >= 0.6 is 0 Å². The van der Waals surface area contributed by atoms with Gasteiger partial charge in [-0.1, -0.05) is 12.1 Å². The number of carbonyl (C=O) groups is 1. The molecule has 1 aromatic carbocycles. The van der Waals surface area contributed by atoms with Crippen LogP contribution in [0.4, 0.5) is 4.39 Å². The molecule has 0 saturated carbocycles. The van der Waals surface area contributed by atoms with Gasteiger partial charge in [0.25, 0.3) is 0 Å². The van der Waals surface area contributed by atoms with Crippen molar-refractivity contribution in [2.45, 2.75) is 19.9 Å². The topological polar surface area (TPSA) is 40.5 Å². The Balaban J connectivity index is 3.23. The van der Waals surface area contributed by atoms with E-state index in [1.54, 1.807) is 45.0 Å². The van der Waals surface area contributed by atoms with Crippen LogP contribution in [0.25, 0.3) is 0 Å². The van der Waals surface area contributed by atoms with Crippen molar-refractivity contribution in [3.05, 3.63) is 35.6 Å². The molecule has 1 unspecified atom stereocenters. The second kappa shape index (κ2) is 4.84. The number of carboxylic acids is 1. The molecule has 0 saturated heterocycles.